The van der Waals surface area contributed by atoms with Gasteiger partial charge in [0.25, 0.3) is 0 Å². The molecule has 96 valence electrons. The molecule has 0 aliphatic rings. The van der Waals surface area contributed by atoms with Crippen LogP contribution in [0.2, 0.25) is 5.02 Å². The minimum Gasteiger partial charge on any atom is -0.378 e. The van der Waals surface area contributed by atoms with Crippen LogP contribution < -0.4 is 5.32 Å². The summed E-state index contributed by atoms with van der Waals surface area (Å²) in [5.41, 5.74) is 1.45. The molecule has 0 bridgehead atoms. The summed E-state index contributed by atoms with van der Waals surface area (Å²) in [4.78, 5) is 0. The van der Waals surface area contributed by atoms with Crippen molar-refractivity contribution in [2.75, 3.05) is 5.32 Å². The third kappa shape index (κ3) is 3.01. The third-order valence-corrected chi connectivity index (χ3v) is 2.86. The summed E-state index contributed by atoms with van der Waals surface area (Å²) in [7, 11) is 0. The Kier molecular flexibility index (Phi) is 3.87. The van der Waals surface area contributed by atoms with Crippen molar-refractivity contribution < 1.29 is 4.39 Å². The van der Waals surface area contributed by atoms with Crippen LogP contribution in [0.4, 0.5) is 10.1 Å². The Morgan fingerprint density at radius 2 is 2.22 bits per heavy atom. The molecule has 0 amide bonds. The van der Waals surface area contributed by atoms with Crippen LogP contribution in [0.15, 0.2) is 30.6 Å². The Morgan fingerprint density at radius 3 is 2.83 bits per heavy atom. The molecular weight excluding hydrogens is 253 g/mol. The van der Waals surface area contributed by atoms with Gasteiger partial charge in [-0.05, 0) is 26.0 Å². The lowest BCUT2D eigenvalue weighted by atomic mass is 10.2. The SMILES string of the molecule is CC(C)n1cc(NCc2ccc(Cl)cc2F)cn1. The maximum atomic E-state index is 13.5. The number of aromatic nitrogens is 2. The second-order valence-electron chi connectivity index (χ2n) is 4.39. The van der Waals surface area contributed by atoms with Crippen molar-refractivity contribution in [3.63, 3.8) is 0 Å². The molecule has 0 radical (unpaired) electrons. The van der Waals surface area contributed by atoms with Gasteiger partial charge in [0.1, 0.15) is 5.82 Å². The lowest BCUT2D eigenvalue weighted by molar-refractivity contribution is 0.532. The summed E-state index contributed by atoms with van der Waals surface area (Å²) in [5.74, 6) is -0.300. The summed E-state index contributed by atoms with van der Waals surface area (Å²) in [6, 6.07) is 4.99. The van der Waals surface area contributed by atoms with Crippen molar-refractivity contribution in [3.05, 3.63) is 47.0 Å². The summed E-state index contributed by atoms with van der Waals surface area (Å²) < 4.78 is 15.4. The number of halogens is 2. The van der Waals surface area contributed by atoms with Crippen LogP contribution in [-0.4, -0.2) is 9.78 Å². The number of anilines is 1. The highest BCUT2D eigenvalue weighted by atomic mass is 35.5. The molecule has 5 heteroatoms. The molecule has 1 aromatic carbocycles. The number of nitrogens with zero attached hydrogens (tertiary/aromatic N) is 2. The molecule has 0 aliphatic carbocycles. The first kappa shape index (κ1) is 12.9. The maximum Gasteiger partial charge on any atom is 0.129 e. The molecule has 0 saturated carbocycles. The Balaban J connectivity index is 2.02. The fraction of sp³-hybridized carbons (Fsp3) is 0.308. The summed E-state index contributed by atoms with van der Waals surface area (Å²) in [6.45, 7) is 4.51. The molecule has 0 atom stereocenters. The number of benzene rings is 1. The minimum atomic E-state index is -0.300. The van der Waals surface area contributed by atoms with Crippen molar-refractivity contribution in [2.24, 2.45) is 0 Å². The average molecular weight is 268 g/mol. The average Bonchev–Trinajstić information content (AvgIpc) is 2.76. The second-order valence-corrected chi connectivity index (χ2v) is 4.83. The molecule has 1 aromatic heterocycles. The van der Waals surface area contributed by atoms with E-state index in [9.17, 15) is 4.39 Å². The van der Waals surface area contributed by atoms with E-state index in [1.54, 1.807) is 18.3 Å². The van der Waals surface area contributed by atoms with Gasteiger partial charge < -0.3 is 5.32 Å². The van der Waals surface area contributed by atoms with E-state index in [4.69, 9.17) is 11.6 Å². The van der Waals surface area contributed by atoms with Crippen molar-refractivity contribution >= 4 is 17.3 Å². The van der Waals surface area contributed by atoms with Crippen LogP contribution in [0.1, 0.15) is 25.5 Å². The van der Waals surface area contributed by atoms with E-state index in [0.29, 0.717) is 23.2 Å². The quantitative estimate of drug-likeness (QED) is 0.911. The molecule has 2 aromatic rings. The van der Waals surface area contributed by atoms with Crippen molar-refractivity contribution in [3.8, 4) is 0 Å². The highest BCUT2D eigenvalue weighted by molar-refractivity contribution is 6.30. The van der Waals surface area contributed by atoms with Crippen LogP contribution in [0.5, 0.6) is 0 Å². The lowest BCUT2D eigenvalue weighted by Gasteiger charge is -2.06. The number of hydrogen-bond donors (Lipinski definition) is 1. The number of hydrogen-bond acceptors (Lipinski definition) is 2. The topological polar surface area (TPSA) is 29.9 Å². The molecule has 1 N–H and O–H groups in total. The molecule has 0 aliphatic heterocycles. The van der Waals surface area contributed by atoms with Crippen molar-refractivity contribution in [2.45, 2.75) is 26.4 Å². The van der Waals surface area contributed by atoms with Crippen LogP contribution in [0, 0.1) is 5.82 Å². The zero-order chi connectivity index (χ0) is 13.1. The van der Waals surface area contributed by atoms with Gasteiger partial charge in [-0.25, -0.2) is 4.39 Å². The molecule has 18 heavy (non-hydrogen) atoms. The van der Waals surface area contributed by atoms with Crippen LogP contribution in [-0.2, 0) is 6.54 Å². The Hall–Kier alpha value is -1.55. The molecule has 0 saturated heterocycles. The van der Waals surface area contributed by atoms with E-state index in [1.807, 2.05) is 10.9 Å². The largest absolute Gasteiger partial charge is 0.378 e. The highest BCUT2D eigenvalue weighted by Gasteiger charge is 2.04. The monoisotopic (exact) mass is 267 g/mol. The normalized spacial score (nSPS) is 10.9. The van der Waals surface area contributed by atoms with Gasteiger partial charge in [0.05, 0.1) is 11.9 Å². The van der Waals surface area contributed by atoms with Gasteiger partial charge in [-0.3, -0.25) is 4.68 Å². The van der Waals surface area contributed by atoms with Gasteiger partial charge in [0.15, 0.2) is 0 Å². The summed E-state index contributed by atoms with van der Waals surface area (Å²) >= 11 is 5.70. The molecule has 2 rings (SSSR count). The fourth-order valence-corrected chi connectivity index (χ4v) is 1.73. The zero-order valence-electron chi connectivity index (χ0n) is 10.3. The summed E-state index contributed by atoms with van der Waals surface area (Å²) in [6.07, 6.45) is 3.63. The van der Waals surface area contributed by atoms with Crippen LogP contribution in [0.25, 0.3) is 0 Å². The lowest BCUT2D eigenvalue weighted by Crippen LogP contribution is -2.02. The molecule has 1 heterocycles. The Labute approximate surface area is 111 Å². The fourth-order valence-electron chi connectivity index (χ4n) is 1.57. The van der Waals surface area contributed by atoms with E-state index in [2.05, 4.69) is 24.3 Å². The number of rotatable bonds is 4. The predicted molar refractivity (Wildman–Crippen MR) is 71.3 cm³/mol. The molecular formula is C13H15ClFN3. The molecule has 0 unspecified atom stereocenters. The summed E-state index contributed by atoms with van der Waals surface area (Å²) in [5, 5.41) is 7.74. The highest BCUT2D eigenvalue weighted by Crippen LogP contribution is 2.16. The van der Waals surface area contributed by atoms with Gasteiger partial charge >= 0.3 is 0 Å². The third-order valence-electron chi connectivity index (χ3n) is 2.63. The van der Waals surface area contributed by atoms with Gasteiger partial charge in [-0.1, -0.05) is 17.7 Å². The van der Waals surface area contributed by atoms with Crippen LogP contribution >= 0.6 is 11.6 Å². The number of nitrogens with one attached hydrogen (secondary N) is 1. The van der Waals surface area contributed by atoms with Gasteiger partial charge in [0, 0.05) is 29.4 Å². The maximum absolute atomic E-state index is 13.5. The van der Waals surface area contributed by atoms with Crippen LogP contribution in [0.3, 0.4) is 0 Å². The van der Waals surface area contributed by atoms with E-state index in [0.717, 1.165) is 5.69 Å². The molecule has 0 spiro atoms. The van der Waals surface area contributed by atoms with E-state index in [1.165, 1.54) is 6.07 Å². The Morgan fingerprint density at radius 1 is 1.44 bits per heavy atom. The van der Waals surface area contributed by atoms with Crippen molar-refractivity contribution in [1.29, 1.82) is 0 Å². The Bertz CT molecular complexity index is 537. The second kappa shape index (κ2) is 5.40. The van der Waals surface area contributed by atoms with Gasteiger partial charge in [0.2, 0.25) is 0 Å². The first-order chi connectivity index (χ1) is 8.56. The zero-order valence-corrected chi connectivity index (χ0v) is 11.1. The van der Waals surface area contributed by atoms with Gasteiger partial charge in [-0.15, -0.1) is 0 Å². The first-order valence-corrected chi connectivity index (χ1v) is 6.16. The predicted octanol–water partition coefficient (Wildman–Crippen LogP) is 3.87. The van der Waals surface area contributed by atoms with Gasteiger partial charge in [-0.2, -0.15) is 5.10 Å². The smallest absolute Gasteiger partial charge is 0.129 e. The molecule has 0 fully saturated rings. The van der Waals surface area contributed by atoms with E-state index < -0.39 is 0 Å². The standard InChI is InChI=1S/C13H15ClFN3/c1-9(2)18-8-12(7-17-18)16-6-10-3-4-11(14)5-13(10)15/h3-5,7-9,16H,6H2,1-2H3. The van der Waals surface area contributed by atoms with E-state index in [-0.39, 0.29) is 5.82 Å². The minimum absolute atomic E-state index is 0.300. The van der Waals surface area contributed by atoms with E-state index >= 15 is 0 Å². The molecule has 3 nitrogen and oxygen atoms in total. The first-order valence-electron chi connectivity index (χ1n) is 5.78. The van der Waals surface area contributed by atoms with Crippen molar-refractivity contribution in [1.82, 2.24) is 9.78 Å².